The first kappa shape index (κ1) is 25.9. The molecule has 0 spiro atoms. The molecule has 8 nitrogen and oxygen atoms in total. The van der Waals surface area contributed by atoms with Crippen molar-refractivity contribution in [1.82, 2.24) is 9.79 Å². The van der Waals surface area contributed by atoms with E-state index < -0.39 is 38.3 Å². The number of hydrogen-bond acceptors (Lipinski definition) is 7. The highest BCUT2D eigenvalue weighted by atomic mass is 35.5. The molecule has 37 heavy (non-hydrogen) atoms. The van der Waals surface area contributed by atoms with E-state index in [4.69, 9.17) is 11.6 Å². The third-order valence-corrected chi connectivity index (χ3v) is 9.63. The number of hydroxylamine groups is 1. The fourth-order valence-electron chi connectivity index (χ4n) is 4.37. The van der Waals surface area contributed by atoms with Crippen LogP contribution in [-0.2, 0) is 37.4 Å². The largest absolute Gasteiger partial charge is 0.492 e. The van der Waals surface area contributed by atoms with Crippen molar-refractivity contribution in [3.63, 3.8) is 0 Å². The van der Waals surface area contributed by atoms with Crippen molar-refractivity contribution >= 4 is 60.6 Å². The van der Waals surface area contributed by atoms with Gasteiger partial charge in [-0.25, -0.2) is 13.2 Å². The molecule has 1 N–H and O–H groups in total. The highest BCUT2D eigenvalue weighted by Gasteiger charge is 2.50. The Morgan fingerprint density at radius 2 is 1.95 bits per heavy atom. The summed E-state index contributed by atoms with van der Waals surface area (Å²) >= 11 is 6.72. The Balaban J connectivity index is 1.50. The van der Waals surface area contributed by atoms with Gasteiger partial charge in [-0.15, -0.1) is 11.3 Å². The quantitative estimate of drug-likeness (QED) is 0.463. The molecule has 0 radical (unpaired) electrons. The van der Waals surface area contributed by atoms with E-state index in [0.717, 1.165) is 35.4 Å². The van der Waals surface area contributed by atoms with Gasteiger partial charge in [0.15, 0.2) is 0 Å². The predicted molar refractivity (Wildman–Crippen MR) is 131 cm³/mol. The van der Waals surface area contributed by atoms with Crippen molar-refractivity contribution < 1.29 is 36.0 Å². The van der Waals surface area contributed by atoms with Crippen molar-refractivity contribution in [2.75, 3.05) is 18.0 Å². The summed E-state index contributed by atoms with van der Waals surface area (Å²) in [6.45, 7) is 1.46. The van der Waals surface area contributed by atoms with Gasteiger partial charge in [0.1, 0.15) is 10.3 Å². The van der Waals surface area contributed by atoms with E-state index in [1.165, 1.54) is 23.1 Å². The lowest BCUT2D eigenvalue weighted by molar-refractivity contribution is -0.226. The van der Waals surface area contributed by atoms with E-state index in [1.807, 2.05) is 12.1 Å². The molecule has 1 atom stereocenters. The third kappa shape index (κ3) is 4.93. The number of hydrogen-bond donors (Lipinski definition) is 1. The second-order valence-electron chi connectivity index (χ2n) is 8.56. The standard InChI is InChI=1S/C23H19ClF3N3O5S2/c24-16-2-4-19-15(9-16)11-20(36-19)37(33,34)30(35-22(32)23(25,26)27)18-6-8-29(21(18)31)17-3-1-14-12-28-7-5-13(14)10-17/h1-4,9-11,18,28H,5-8,12H2. The van der Waals surface area contributed by atoms with Crippen LogP contribution in [0.5, 0.6) is 0 Å². The molecule has 2 aromatic carbocycles. The summed E-state index contributed by atoms with van der Waals surface area (Å²) in [4.78, 5) is 30.8. The van der Waals surface area contributed by atoms with Crippen LogP contribution >= 0.6 is 22.9 Å². The SMILES string of the molecule is O=C1C(N(OC(=O)C(F)(F)F)S(=O)(=O)c2cc3cc(Cl)ccc3s2)CCN1c1ccc2c(c1)CCNC2. The second kappa shape index (κ2) is 9.55. The number of anilines is 1. The number of thiophene rings is 1. The number of carbonyl (C=O) groups excluding carboxylic acids is 2. The molecule has 1 amide bonds. The molecule has 196 valence electrons. The van der Waals surface area contributed by atoms with Gasteiger partial charge in [-0.05, 0) is 76.8 Å². The van der Waals surface area contributed by atoms with E-state index in [1.54, 1.807) is 12.1 Å². The lowest BCUT2D eigenvalue weighted by atomic mass is 10.0. The Hall–Kier alpha value is -2.71. The number of fused-ring (bicyclic) bond motifs is 2. The van der Waals surface area contributed by atoms with Crippen LogP contribution in [-0.4, -0.2) is 50.1 Å². The topological polar surface area (TPSA) is 96.0 Å². The summed E-state index contributed by atoms with van der Waals surface area (Å²) in [6.07, 6.45) is -4.93. The first-order valence-electron chi connectivity index (χ1n) is 11.1. The molecule has 3 heterocycles. The van der Waals surface area contributed by atoms with Gasteiger partial charge in [-0.3, -0.25) is 4.79 Å². The van der Waals surface area contributed by atoms with E-state index in [2.05, 4.69) is 10.2 Å². The maximum atomic E-state index is 13.5. The second-order valence-corrected chi connectivity index (χ2v) is 12.1. The van der Waals surface area contributed by atoms with Gasteiger partial charge >= 0.3 is 12.1 Å². The summed E-state index contributed by atoms with van der Waals surface area (Å²) in [5.74, 6) is -3.54. The minimum absolute atomic E-state index is 0.0259. The fraction of sp³-hybridized carbons (Fsp3) is 0.304. The normalized spacial score (nSPS) is 18.5. The molecule has 1 unspecified atom stereocenters. The lowest BCUT2D eigenvalue weighted by Gasteiger charge is -2.26. The summed E-state index contributed by atoms with van der Waals surface area (Å²) in [7, 11) is -4.86. The van der Waals surface area contributed by atoms with Crippen molar-refractivity contribution in [3.05, 3.63) is 58.6 Å². The monoisotopic (exact) mass is 573 g/mol. The number of halogens is 4. The molecule has 0 bridgehead atoms. The first-order valence-corrected chi connectivity index (χ1v) is 13.7. The van der Waals surface area contributed by atoms with Gasteiger partial charge in [0, 0.05) is 28.5 Å². The number of amides is 1. The van der Waals surface area contributed by atoms with Crippen LogP contribution in [0.4, 0.5) is 18.9 Å². The molecule has 3 aromatic rings. The molecular weight excluding hydrogens is 555 g/mol. The summed E-state index contributed by atoms with van der Waals surface area (Å²) in [6, 6.07) is 9.47. The maximum absolute atomic E-state index is 13.5. The van der Waals surface area contributed by atoms with Gasteiger partial charge in [0.25, 0.3) is 10.0 Å². The van der Waals surface area contributed by atoms with E-state index in [0.29, 0.717) is 27.3 Å². The van der Waals surface area contributed by atoms with Crippen molar-refractivity contribution in [2.45, 2.75) is 35.8 Å². The number of nitrogens with zero attached hydrogens (tertiary/aromatic N) is 2. The molecule has 14 heteroatoms. The average Bonchev–Trinajstić information content (AvgIpc) is 3.45. The Morgan fingerprint density at radius 1 is 1.16 bits per heavy atom. The number of rotatable bonds is 5. The number of alkyl halides is 3. The maximum Gasteiger partial charge on any atom is 0.492 e. The number of carbonyl (C=O) groups is 2. The third-order valence-electron chi connectivity index (χ3n) is 6.17. The number of sulfonamides is 1. The molecule has 0 aliphatic carbocycles. The van der Waals surface area contributed by atoms with Crippen LogP contribution in [0.15, 0.2) is 46.7 Å². The van der Waals surface area contributed by atoms with Crippen molar-refractivity contribution in [3.8, 4) is 0 Å². The minimum atomic E-state index is -5.48. The van der Waals surface area contributed by atoms with Gasteiger partial charge in [-0.2, -0.15) is 13.2 Å². The Kier molecular flexibility index (Phi) is 6.69. The minimum Gasteiger partial charge on any atom is -0.344 e. The van der Waals surface area contributed by atoms with Gasteiger partial charge in [-0.1, -0.05) is 17.7 Å². The van der Waals surface area contributed by atoms with Crippen molar-refractivity contribution in [1.29, 1.82) is 0 Å². The van der Waals surface area contributed by atoms with Gasteiger partial charge < -0.3 is 15.1 Å². The molecular formula is C23H19ClF3N3O5S2. The molecule has 5 rings (SSSR count). The van der Waals surface area contributed by atoms with Crippen LogP contribution in [0.2, 0.25) is 5.02 Å². The Bertz CT molecular complexity index is 1510. The molecule has 2 aliphatic heterocycles. The zero-order valence-electron chi connectivity index (χ0n) is 18.9. The highest BCUT2D eigenvalue weighted by Crippen LogP contribution is 2.36. The molecule has 0 saturated carbocycles. The fourth-order valence-corrected chi connectivity index (χ4v) is 7.38. The number of nitrogens with one attached hydrogen (secondary N) is 1. The molecule has 1 aromatic heterocycles. The average molecular weight is 574 g/mol. The van der Waals surface area contributed by atoms with Gasteiger partial charge in [0.2, 0.25) is 5.91 Å². The smallest absolute Gasteiger partial charge is 0.344 e. The van der Waals surface area contributed by atoms with Gasteiger partial charge in [0.05, 0.1) is 0 Å². The molecule has 1 fully saturated rings. The zero-order valence-corrected chi connectivity index (χ0v) is 21.3. The Labute approximate surface area is 218 Å². The lowest BCUT2D eigenvalue weighted by Crippen LogP contribution is -2.48. The molecule has 1 saturated heterocycles. The van der Waals surface area contributed by atoms with Crippen LogP contribution in [0.1, 0.15) is 17.5 Å². The summed E-state index contributed by atoms with van der Waals surface area (Å²) < 4.78 is 66.3. The number of benzene rings is 2. The van der Waals surface area contributed by atoms with Crippen LogP contribution in [0.25, 0.3) is 10.1 Å². The highest BCUT2D eigenvalue weighted by molar-refractivity contribution is 7.91. The summed E-state index contributed by atoms with van der Waals surface area (Å²) in [5, 5.41) is 4.00. The zero-order chi connectivity index (χ0) is 26.5. The van der Waals surface area contributed by atoms with Crippen LogP contribution < -0.4 is 10.2 Å². The summed E-state index contributed by atoms with van der Waals surface area (Å²) in [5.41, 5.74) is 2.57. The first-order chi connectivity index (χ1) is 17.4. The Morgan fingerprint density at radius 3 is 2.70 bits per heavy atom. The predicted octanol–water partition coefficient (Wildman–Crippen LogP) is 4.02. The van der Waals surface area contributed by atoms with Crippen LogP contribution in [0.3, 0.4) is 0 Å². The van der Waals surface area contributed by atoms with Crippen molar-refractivity contribution in [2.24, 2.45) is 0 Å². The van der Waals surface area contributed by atoms with E-state index in [-0.39, 0.29) is 17.4 Å². The molecule has 2 aliphatic rings. The van der Waals surface area contributed by atoms with E-state index in [9.17, 15) is 31.2 Å². The van der Waals surface area contributed by atoms with Crippen LogP contribution in [0, 0.1) is 0 Å². The van der Waals surface area contributed by atoms with E-state index >= 15 is 0 Å².